The number of carbonyl (C=O) groups excluding carboxylic acids is 2. The molecule has 28 heavy (non-hydrogen) atoms. The molecular formula is C20H31N5O3. The summed E-state index contributed by atoms with van der Waals surface area (Å²) < 4.78 is 5.40. The smallest absolute Gasteiger partial charge is 0.322 e. The Balaban J connectivity index is 1.26. The van der Waals surface area contributed by atoms with E-state index in [-0.39, 0.29) is 11.9 Å². The largest absolute Gasteiger partial charge is 0.359 e. The van der Waals surface area contributed by atoms with Crippen molar-refractivity contribution in [2.24, 2.45) is 0 Å². The molecule has 1 aromatic heterocycles. The molecule has 8 nitrogen and oxygen atoms in total. The summed E-state index contributed by atoms with van der Waals surface area (Å²) in [5.41, 5.74) is 1.47. The number of aromatic nitrogens is 1. The Bertz CT molecular complexity index is 721. The fraction of sp³-hybridized carbons (Fsp3) is 0.750. The van der Waals surface area contributed by atoms with Gasteiger partial charge in [0.05, 0.1) is 6.54 Å². The van der Waals surface area contributed by atoms with Gasteiger partial charge in [-0.25, -0.2) is 4.79 Å². The highest BCUT2D eigenvalue weighted by Gasteiger charge is 2.33. The number of hydrogen-bond donors (Lipinski definition) is 1. The van der Waals surface area contributed by atoms with Gasteiger partial charge in [-0.15, -0.1) is 0 Å². The normalized spacial score (nSPS) is 23.7. The average molecular weight is 390 g/mol. The first-order valence-corrected chi connectivity index (χ1v) is 10.6. The summed E-state index contributed by atoms with van der Waals surface area (Å²) in [6.07, 6.45) is 5.62. The Labute approximate surface area is 166 Å². The van der Waals surface area contributed by atoms with Crippen molar-refractivity contribution in [2.75, 3.05) is 44.6 Å². The number of piperidine rings is 1. The second-order valence-electron chi connectivity index (χ2n) is 8.41. The maximum atomic E-state index is 12.7. The minimum absolute atomic E-state index is 0.108. The van der Waals surface area contributed by atoms with Crippen molar-refractivity contribution in [3.63, 3.8) is 0 Å². The molecular weight excluding hydrogens is 358 g/mol. The molecule has 1 aliphatic carbocycles. The Morgan fingerprint density at radius 3 is 2.54 bits per heavy atom. The standard InChI is InChI=1S/C20H31N5O3/c1-14-5-3-4-8-25(14)17(26)13-23-9-11-24(12-10-23)20(27)21-18-15(2)22-28-19(18)16-6-7-16/h14,16H,3-13H2,1-2H3,(H,21,27). The van der Waals surface area contributed by atoms with Gasteiger partial charge < -0.3 is 19.6 Å². The number of urea groups is 1. The van der Waals surface area contributed by atoms with Crippen LogP contribution >= 0.6 is 0 Å². The van der Waals surface area contributed by atoms with Crippen LogP contribution in [-0.4, -0.2) is 77.1 Å². The molecule has 1 N–H and O–H groups in total. The maximum absolute atomic E-state index is 12.7. The molecule has 1 unspecified atom stereocenters. The molecule has 1 saturated carbocycles. The van der Waals surface area contributed by atoms with Crippen LogP contribution in [0.3, 0.4) is 0 Å². The lowest BCUT2D eigenvalue weighted by Gasteiger charge is -2.38. The van der Waals surface area contributed by atoms with Gasteiger partial charge in [-0.1, -0.05) is 5.16 Å². The van der Waals surface area contributed by atoms with Crippen LogP contribution in [0, 0.1) is 6.92 Å². The first-order chi connectivity index (χ1) is 13.5. The van der Waals surface area contributed by atoms with E-state index in [1.165, 1.54) is 6.42 Å². The van der Waals surface area contributed by atoms with Crippen LogP contribution in [0.15, 0.2) is 4.52 Å². The topological polar surface area (TPSA) is 81.9 Å². The van der Waals surface area contributed by atoms with Gasteiger partial charge in [0.2, 0.25) is 5.91 Å². The number of rotatable bonds is 4. The summed E-state index contributed by atoms with van der Waals surface area (Å²) in [7, 11) is 0. The predicted octanol–water partition coefficient (Wildman–Crippen LogP) is 2.41. The number of carbonyl (C=O) groups is 2. The second kappa shape index (κ2) is 8.11. The monoisotopic (exact) mass is 389 g/mol. The molecule has 154 valence electrons. The lowest BCUT2D eigenvalue weighted by atomic mass is 10.0. The van der Waals surface area contributed by atoms with Gasteiger partial charge in [0.1, 0.15) is 11.4 Å². The third-order valence-corrected chi connectivity index (χ3v) is 6.21. The van der Waals surface area contributed by atoms with Crippen molar-refractivity contribution < 1.29 is 14.1 Å². The highest BCUT2D eigenvalue weighted by Crippen LogP contribution is 2.44. The van der Waals surface area contributed by atoms with E-state index in [0.29, 0.717) is 31.6 Å². The number of anilines is 1. The highest BCUT2D eigenvalue weighted by atomic mass is 16.5. The molecule has 3 heterocycles. The number of piperazine rings is 1. The third-order valence-electron chi connectivity index (χ3n) is 6.21. The van der Waals surface area contributed by atoms with Gasteiger partial charge >= 0.3 is 6.03 Å². The predicted molar refractivity (Wildman–Crippen MR) is 105 cm³/mol. The first-order valence-electron chi connectivity index (χ1n) is 10.6. The fourth-order valence-corrected chi connectivity index (χ4v) is 4.21. The van der Waals surface area contributed by atoms with Gasteiger partial charge in [-0.3, -0.25) is 9.69 Å². The van der Waals surface area contributed by atoms with E-state index in [9.17, 15) is 9.59 Å². The summed E-state index contributed by atoms with van der Waals surface area (Å²) in [4.78, 5) is 31.3. The Hall–Kier alpha value is -2.09. The molecule has 3 fully saturated rings. The molecule has 0 spiro atoms. The average Bonchev–Trinajstić information content (AvgIpc) is 3.47. The number of nitrogens with one attached hydrogen (secondary N) is 1. The van der Waals surface area contributed by atoms with Crippen LogP contribution in [-0.2, 0) is 4.79 Å². The van der Waals surface area contributed by atoms with Crippen molar-refractivity contribution >= 4 is 17.6 Å². The molecule has 8 heteroatoms. The summed E-state index contributed by atoms with van der Waals surface area (Å²) in [6, 6.07) is 0.240. The number of aryl methyl sites for hydroxylation is 1. The zero-order valence-corrected chi connectivity index (χ0v) is 16.9. The molecule has 0 radical (unpaired) electrons. The molecule has 3 amide bonds. The summed E-state index contributed by atoms with van der Waals surface area (Å²) in [5, 5.41) is 7.01. The molecule has 2 saturated heterocycles. The van der Waals surface area contributed by atoms with E-state index in [2.05, 4.69) is 22.3 Å². The van der Waals surface area contributed by atoms with Crippen molar-refractivity contribution in [3.05, 3.63) is 11.5 Å². The van der Waals surface area contributed by atoms with Gasteiger partial charge in [0.25, 0.3) is 0 Å². The van der Waals surface area contributed by atoms with E-state index in [1.54, 1.807) is 0 Å². The summed E-state index contributed by atoms with van der Waals surface area (Å²) >= 11 is 0. The van der Waals surface area contributed by atoms with Crippen LogP contribution in [0.1, 0.15) is 56.4 Å². The molecule has 1 atom stereocenters. The summed E-state index contributed by atoms with van der Waals surface area (Å²) in [6.45, 7) is 8.02. The van der Waals surface area contributed by atoms with Crippen LogP contribution in [0.25, 0.3) is 0 Å². The maximum Gasteiger partial charge on any atom is 0.322 e. The van der Waals surface area contributed by atoms with Crippen molar-refractivity contribution in [3.8, 4) is 0 Å². The Morgan fingerprint density at radius 2 is 1.86 bits per heavy atom. The number of hydrogen-bond acceptors (Lipinski definition) is 5. The van der Waals surface area contributed by atoms with Gasteiger partial charge in [-0.05, 0) is 46.0 Å². The van der Waals surface area contributed by atoms with E-state index in [0.717, 1.165) is 62.5 Å². The van der Waals surface area contributed by atoms with Crippen LogP contribution < -0.4 is 5.32 Å². The van der Waals surface area contributed by atoms with Crippen LogP contribution in [0.2, 0.25) is 0 Å². The van der Waals surface area contributed by atoms with Crippen LogP contribution in [0.5, 0.6) is 0 Å². The number of amides is 3. The van der Waals surface area contributed by atoms with Crippen LogP contribution in [0.4, 0.5) is 10.5 Å². The van der Waals surface area contributed by atoms with Gasteiger partial charge in [0, 0.05) is 44.7 Å². The molecule has 3 aliphatic rings. The molecule has 2 aliphatic heterocycles. The Morgan fingerprint density at radius 1 is 1.11 bits per heavy atom. The van der Waals surface area contributed by atoms with E-state index in [4.69, 9.17) is 4.52 Å². The quantitative estimate of drug-likeness (QED) is 0.855. The van der Waals surface area contributed by atoms with Crippen molar-refractivity contribution in [1.82, 2.24) is 19.9 Å². The minimum atomic E-state index is -0.108. The van der Waals surface area contributed by atoms with Crippen molar-refractivity contribution in [2.45, 2.75) is 57.9 Å². The van der Waals surface area contributed by atoms with E-state index < -0.39 is 0 Å². The minimum Gasteiger partial charge on any atom is -0.359 e. The lowest BCUT2D eigenvalue weighted by molar-refractivity contribution is -0.136. The Kier molecular flexibility index (Phi) is 5.57. The number of nitrogens with zero attached hydrogens (tertiary/aromatic N) is 4. The SMILES string of the molecule is Cc1noc(C2CC2)c1NC(=O)N1CCN(CC(=O)N2CCCCC2C)CC1. The molecule has 0 bridgehead atoms. The highest BCUT2D eigenvalue weighted by molar-refractivity contribution is 5.90. The molecule has 1 aromatic rings. The summed E-state index contributed by atoms with van der Waals surface area (Å²) in [5.74, 6) is 1.43. The van der Waals surface area contributed by atoms with E-state index >= 15 is 0 Å². The second-order valence-corrected chi connectivity index (χ2v) is 8.41. The lowest BCUT2D eigenvalue weighted by Crippen LogP contribution is -2.53. The first kappa shape index (κ1) is 19.2. The molecule has 0 aromatic carbocycles. The molecule has 4 rings (SSSR count). The zero-order chi connectivity index (χ0) is 19.7. The van der Waals surface area contributed by atoms with Gasteiger partial charge in [-0.2, -0.15) is 0 Å². The van der Waals surface area contributed by atoms with Crippen molar-refractivity contribution in [1.29, 1.82) is 0 Å². The zero-order valence-electron chi connectivity index (χ0n) is 16.9. The van der Waals surface area contributed by atoms with Gasteiger partial charge in [0.15, 0.2) is 5.76 Å². The third kappa shape index (κ3) is 4.16. The number of likely N-dealkylation sites (tertiary alicyclic amines) is 1. The fourth-order valence-electron chi connectivity index (χ4n) is 4.21. The van der Waals surface area contributed by atoms with E-state index in [1.807, 2.05) is 16.7 Å².